The van der Waals surface area contributed by atoms with Crippen molar-refractivity contribution in [3.63, 3.8) is 0 Å². The summed E-state index contributed by atoms with van der Waals surface area (Å²) in [6.45, 7) is 0. The van der Waals surface area contributed by atoms with E-state index in [1.54, 1.807) is 0 Å². The van der Waals surface area contributed by atoms with Crippen LogP contribution in [0.3, 0.4) is 0 Å². The highest BCUT2D eigenvalue weighted by Crippen LogP contribution is 2.06. The second-order valence-electron chi connectivity index (χ2n) is 4.44. The number of benzene rings is 2. The van der Waals surface area contributed by atoms with Crippen LogP contribution in [0.15, 0.2) is 60.7 Å². The van der Waals surface area contributed by atoms with E-state index in [1.165, 1.54) is 11.1 Å². The number of carbonyl (C=O) groups is 2. The Bertz CT molecular complexity index is 498. The summed E-state index contributed by atoms with van der Waals surface area (Å²) in [5.41, 5.74) is 2.83. The molecule has 0 heterocycles. The second-order valence-corrected chi connectivity index (χ2v) is 4.44. The van der Waals surface area contributed by atoms with E-state index in [2.05, 4.69) is 60.7 Å². The van der Waals surface area contributed by atoms with Gasteiger partial charge < -0.3 is 10.2 Å². The Kier molecular flexibility index (Phi) is 7.29. The van der Waals surface area contributed by atoms with E-state index < -0.39 is 18.4 Å². The first-order valence-electron chi connectivity index (χ1n) is 6.59. The van der Waals surface area contributed by atoms with Crippen LogP contribution in [0.2, 0.25) is 0 Å². The molecule has 2 N–H and O–H groups in total. The molecule has 0 atom stereocenters. The molecule has 0 aliphatic carbocycles. The standard InChI is InChI=1S/C14H14.C3H4O4/c1-3-7-13(8-4-1)11-12-14-9-5-2-6-10-14;4-2(5)1-3(6)7/h1-10H,11-12H2;1H2,(H,4,5)(H,6,7). The van der Waals surface area contributed by atoms with E-state index >= 15 is 0 Å². The fourth-order valence-electron chi connectivity index (χ4n) is 1.71. The third kappa shape index (κ3) is 8.21. The molecule has 2 aromatic carbocycles. The molecular formula is C17H18O4. The Morgan fingerprint density at radius 1 is 0.667 bits per heavy atom. The number of aryl methyl sites for hydroxylation is 2. The monoisotopic (exact) mass is 286 g/mol. The first-order chi connectivity index (χ1) is 10.1. The summed E-state index contributed by atoms with van der Waals surface area (Å²) in [7, 11) is 0. The van der Waals surface area contributed by atoms with Crippen LogP contribution in [-0.2, 0) is 22.4 Å². The third-order valence-corrected chi connectivity index (χ3v) is 2.69. The van der Waals surface area contributed by atoms with E-state index in [-0.39, 0.29) is 0 Å². The van der Waals surface area contributed by atoms with Crippen LogP contribution in [0.4, 0.5) is 0 Å². The maximum absolute atomic E-state index is 9.43. The number of carboxylic acids is 2. The van der Waals surface area contributed by atoms with Gasteiger partial charge >= 0.3 is 11.9 Å². The lowest BCUT2D eigenvalue weighted by Crippen LogP contribution is -2.03. The molecule has 0 aliphatic heterocycles. The van der Waals surface area contributed by atoms with Crippen molar-refractivity contribution in [1.29, 1.82) is 0 Å². The highest BCUT2D eigenvalue weighted by molar-refractivity contribution is 5.88. The number of hydrogen-bond acceptors (Lipinski definition) is 2. The maximum atomic E-state index is 9.43. The van der Waals surface area contributed by atoms with Crippen molar-refractivity contribution in [2.45, 2.75) is 19.3 Å². The van der Waals surface area contributed by atoms with E-state index in [0.29, 0.717) is 0 Å². The van der Waals surface area contributed by atoms with Gasteiger partial charge in [-0.2, -0.15) is 0 Å². The van der Waals surface area contributed by atoms with E-state index in [1.807, 2.05) is 0 Å². The van der Waals surface area contributed by atoms with Crippen LogP contribution in [-0.4, -0.2) is 22.2 Å². The Morgan fingerprint density at radius 3 is 1.24 bits per heavy atom. The summed E-state index contributed by atoms with van der Waals surface area (Å²) in [4.78, 5) is 18.9. The summed E-state index contributed by atoms with van der Waals surface area (Å²) < 4.78 is 0. The minimum Gasteiger partial charge on any atom is -0.481 e. The molecular weight excluding hydrogens is 268 g/mol. The summed E-state index contributed by atoms with van der Waals surface area (Å²) in [5, 5.41) is 15.4. The van der Waals surface area contributed by atoms with Gasteiger partial charge in [-0.1, -0.05) is 60.7 Å². The molecule has 2 rings (SSSR count). The van der Waals surface area contributed by atoms with Gasteiger partial charge in [0.25, 0.3) is 0 Å². The third-order valence-electron chi connectivity index (χ3n) is 2.69. The summed E-state index contributed by atoms with van der Waals surface area (Å²) in [5.74, 6) is -2.62. The van der Waals surface area contributed by atoms with Crippen molar-refractivity contribution < 1.29 is 19.8 Å². The lowest BCUT2D eigenvalue weighted by atomic mass is 10.0. The zero-order valence-corrected chi connectivity index (χ0v) is 11.6. The molecule has 0 bridgehead atoms. The van der Waals surface area contributed by atoms with Crippen molar-refractivity contribution in [1.82, 2.24) is 0 Å². The van der Waals surface area contributed by atoms with Crippen molar-refractivity contribution in [3.8, 4) is 0 Å². The molecule has 21 heavy (non-hydrogen) atoms. The topological polar surface area (TPSA) is 74.6 Å². The van der Waals surface area contributed by atoms with Gasteiger partial charge in [-0.3, -0.25) is 9.59 Å². The Balaban J connectivity index is 0.000000270. The summed E-state index contributed by atoms with van der Waals surface area (Å²) >= 11 is 0. The van der Waals surface area contributed by atoms with Crippen molar-refractivity contribution in [3.05, 3.63) is 71.8 Å². The Morgan fingerprint density at radius 2 is 1.00 bits per heavy atom. The highest BCUT2D eigenvalue weighted by atomic mass is 16.4. The van der Waals surface area contributed by atoms with Gasteiger partial charge in [0.1, 0.15) is 6.42 Å². The molecule has 0 fully saturated rings. The number of hydrogen-bond donors (Lipinski definition) is 2. The molecule has 4 nitrogen and oxygen atoms in total. The van der Waals surface area contributed by atoms with Crippen LogP contribution < -0.4 is 0 Å². The largest absolute Gasteiger partial charge is 0.481 e. The van der Waals surface area contributed by atoms with Crippen molar-refractivity contribution in [2.24, 2.45) is 0 Å². The average Bonchev–Trinajstić information content (AvgIpc) is 2.46. The molecule has 2 aromatic rings. The SMILES string of the molecule is O=C(O)CC(=O)O.c1ccc(CCc2ccccc2)cc1. The first kappa shape index (κ1) is 16.4. The van der Waals surface area contributed by atoms with Gasteiger partial charge in [0.15, 0.2) is 0 Å². The van der Waals surface area contributed by atoms with Crippen LogP contribution in [0.1, 0.15) is 17.5 Å². The molecule has 0 amide bonds. The molecule has 0 unspecified atom stereocenters. The summed E-state index contributed by atoms with van der Waals surface area (Å²) in [6, 6.07) is 21.2. The van der Waals surface area contributed by atoms with Crippen LogP contribution in [0.5, 0.6) is 0 Å². The number of rotatable bonds is 5. The second kappa shape index (κ2) is 9.31. The van der Waals surface area contributed by atoms with Gasteiger partial charge in [-0.25, -0.2) is 0 Å². The molecule has 0 saturated heterocycles. The van der Waals surface area contributed by atoms with Gasteiger partial charge in [0, 0.05) is 0 Å². The first-order valence-corrected chi connectivity index (χ1v) is 6.59. The maximum Gasteiger partial charge on any atom is 0.314 e. The molecule has 4 heteroatoms. The minimum atomic E-state index is -1.31. The lowest BCUT2D eigenvalue weighted by Gasteiger charge is -2.01. The smallest absolute Gasteiger partial charge is 0.314 e. The summed E-state index contributed by atoms with van der Waals surface area (Å²) in [6.07, 6.45) is 1.45. The van der Waals surface area contributed by atoms with Gasteiger partial charge in [-0.05, 0) is 24.0 Å². The van der Waals surface area contributed by atoms with Crippen LogP contribution in [0.25, 0.3) is 0 Å². The Hall–Kier alpha value is -2.62. The molecule has 0 saturated carbocycles. The zero-order chi connectivity index (χ0) is 15.5. The lowest BCUT2D eigenvalue weighted by molar-refractivity contribution is -0.147. The number of carboxylic acid groups (broad SMARTS) is 2. The van der Waals surface area contributed by atoms with Crippen LogP contribution >= 0.6 is 0 Å². The fraction of sp³-hybridized carbons (Fsp3) is 0.176. The number of aliphatic carboxylic acids is 2. The van der Waals surface area contributed by atoms with Crippen LogP contribution in [0, 0.1) is 0 Å². The van der Waals surface area contributed by atoms with Gasteiger partial charge in [-0.15, -0.1) is 0 Å². The molecule has 0 aromatic heterocycles. The minimum absolute atomic E-state index is 0.806. The Labute approximate surface area is 123 Å². The van der Waals surface area contributed by atoms with E-state index in [4.69, 9.17) is 10.2 Å². The van der Waals surface area contributed by atoms with Gasteiger partial charge in [0.05, 0.1) is 0 Å². The predicted octanol–water partition coefficient (Wildman–Crippen LogP) is 3.02. The normalized spacial score (nSPS) is 9.33. The van der Waals surface area contributed by atoms with E-state index in [0.717, 1.165) is 12.8 Å². The van der Waals surface area contributed by atoms with Crippen molar-refractivity contribution >= 4 is 11.9 Å². The average molecular weight is 286 g/mol. The molecule has 0 aliphatic rings. The quantitative estimate of drug-likeness (QED) is 0.828. The molecule has 0 spiro atoms. The van der Waals surface area contributed by atoms with Gasteiger partial charge in [0.2, 0.25) is 0 Å². The highest BCUT2D eigenvalue weighted by Gasteiger charge is 2.01. The zero-order valence-electron chi connectivity index (χ0n) is 11.6. The fourth-order valence-corrected chi connectivity index (χ4v) is 1.71. The molecule has 0 radical (unpaired) electrons. The van der Waals surface area contributed by atoms with Crippen molar-refractivity contribution in [2.75, 3.05) is 0 Å². The molecule has 110 valence electrons. The van der Waals surface area contributed by atoms with E-state index in [9.17, 15) is 9.59 Å². The predicted molar refractivity (Wildman–Crippen MR) is 80.2 cm³/mol.